The van der Waals surface area contributed by atoms with Crippen LogP contribution in [0.1, 0.15) is 6.42 Å². The van der Waals surface area contributed by atoms with Crippen LogP contribution in [0.5, 0.6) is 0 Å². The van der Waals surface area contributed by atoms with Crippen molar-refractivity contribution in [3.63, 3.8) is 0 Å². The predicted molar refractivity (Wildman–Crippen MR) is 40.0 cm³/mol. The summed E-state index contributed by atoms with van der Waals surface area (Å²) in [4.78, 5) is 0. The third-order valence-corrected chi connectivity index (χ3v) is 0.734. The topological polar surface area (TPSA) is 26.0 Å². The molecule has 0 aliphatic rings. The van der Waals surface area contributed by atoms with Crippen molar-refractivity contribution in [2.24, 2.45) is 5.73 Å². The van der Waals surface area contributed by atoms with E-state index in [9.17, 15) is 0 Å². The Balaban J connectivity index is 3.46. The lowest BCUT2D eigenvalue weighted by atomic mass is 10.4. The molecular formula is C8H11N. The zero-order chi connectivity index (χ0) is 6.95. The summed E-state index contributed by atoms with van der Waals surface area (Å²) < 4.78 is 0. The number of rotatable bonds is 3. The Bertz CT molecular complexity index is 155. The molecule has 0 unspecified atom stereocenters. The lowest BCUT2D eigenvalue weighted by Gasteiger charge is -1.71. The lowest BCUT2D eigenvalue weighted by Crippen LogP contribution is -1.90. The fourth-order valence-electron chi connectivity index (χ4n) is 0.362. The van der Waals surface area contributed by atoms with E-state index < -0.39 is 0 Å². The van der Waals surface area contributed by atoms with E-state index in [0.717, 1.165) is 6.42 Å². The molecule has 2 N–H and O–H groups in total. The summed E-state index contributed by atoms with van der Waals surface area (Å²) in [7, 11) is 0. The van der Waals surface area contributed by atoms with E-state index >= 15 is 0 Å². The van der Waals surface area contributed by atoms with Crippen LogP contribution in [0.4, 0.5) is 0 Å². The molecule has 0 atom stereocenters. The fourth-order valence-corrected chi connectivity index (χ4v) is 0.362. The molecule has 1 nitrogen and oxygen atoms in total. The summed E-state index contributed by atoms with van der Waals surface area (Å²) in [6.45, 7) is 3.97. The van der Waals surface area contributed by atoms with Gasteiger partial charge in [-0.3, -0.25) is 0 Å². The number of hydrogen-bond acceptors (Lipinski definition) is 1. The van der Waals surface area contributed by atoms with Crippen molar-refractivity contribution in [1.82, 2.24) is 0 Å². The van der Waals surface area contributed by atoms with Gasteiger partial charge in [0.2, 0.25) is 0 Å². The van der Waals surface area contributed by atoms with E-state index in [1.165, 1.54) is 0 Å². The second kappa shape index (κ2) is 7.00. The minimum atomic E-state index is 0.550. The first-order valence-electron chi connectivity index (χ1n) is 2.85. The van der Waals surface area contributed by atoms with Crippen LogP contribution in [0.2, 0.25) is 0 Å². The number of hydrogen-bond donors (Lipinski definition) is 1. The zero-order valence-corrected chi connectivity index (χ0v) is 5.43. The maximum Gasteiger partial charge on any atom is 0.0182 e. The number of nitrogens with two attached hydrogens (primary N) is 1. The minimum absolute atomic E-state index is 0.550. The molecule has 0 saturated carbocycles. The molecule has 0 aliphatic carbocycles. The Labute approximate surface area is 55.9 Å². The summed E-state index contributed by atoms with van der Waals surface area (Å²) in [5.41, 5.74) is 10.7. The van der Waals surface area contributed by atoms with Crippen molar-refractivity contribution >= 4 is 0 Å². The molecule has 0 bridgehead atoms. The summed E-state index contributed by atoms with van der Waals surface area (Å²) in [5.74, 6) is 0. The second-order valence-corrected chi connectivity index (χ2v) is 1.45. The summed E-state index contributed by atoms with van der Waals surface area (Å²) in [5, 5.41) is 0. The monoisotopic (exact) mass is 121 g/mol. The SMILES string of the molecule is C=C=CCC=C=CCN. The van der Waals surface area contributed by atoms with E-state index in [-0.39, 0.29) is 0 Å². The van der Waals surface area contributed by atoms with Crippen LogP contribution in [-0.2, 0) is 0 Å². The number of allylic oxidation sites excluding steroid dienone is 1. The first-order chi connectivity index (χ1) is 4.41. The van der Waals surface area contributed by atoms with Gasteiger partial charge < -0.3 is 5.73 Å². The van der Waals surface area contributed by atoms with Crippen molar-refractivity contribution in [2.45, 2.75) is 6.42 Å². The van der Waals surface area contributed by atoms with Gasteiger partial charge in [0, 0.05) is 6.54 Å². The molecule has 0 saturated heterocycles. The van der Waals surface area contributed by atoms with Gasteiger partial charge in [0.05, 0.1) is 0 Å². The highest BCUT2D eigenvalue weighted by Crippen LogP contribution is 1.79. The predicted octanol–water partition coefficient (Wildman–Crippen LogP) is 1.39. The first-order valence-corrected chi connectivity index (χ1v) is 2.85. The molecule has 0 aromatic heterocycles. The van der Waals surface area contributed by atoms with Gasteiger partial charge in [0.25, 0.3) is 0 Å². The highest BCUT2D eigenvalue weighted by atomic mass is 14.5. The average molecular weight is 121 g/mol. The molecular weight excluding hydrogens is 110 g/mol. The van der Waals surface area contributed by atoms with E-state index in [4.69, 9.17) is 5.73 Å². The Morgan fingerprint density at radius 1 is 1.33 bits per heavy atom. The average Bonchev–Trinajstić information content (AvgIpc) is 1.89. The second-order valence-electron chi connectivity index (χ2n) is 1.45. The molecule has 1 heteroatoms. The van der Waals surface area contributed by atoms with Crippen LogP contribution in [0.15, 0.2) is 36.3 Å². The van der Waals surface area contributed by atoms with Gasteiger partial charge in [-0.1, -0.05) is 6.58 Å². The molecule has 0 amide bonds. The standard InChI is InChI=1S/C8H11N/c1-2-3-4-5-6-7-8-9/h3,5,7H,1,4,8-9H2. The van der Waals surface area contributed by atoms with Gasteiger partial charge in [-0.15, -0.1) is 11.5 Å². The van der Waals surface area contributed by atoms with E-state index in [2.05, 4.69) is 18.0 Å². The summed E-state index contributed by atoms with van der Waals surface area (Å²) >= 11 is 0. The van der Waals surface area contributed by atoms with Gasteiger partial charge in [-0.25, -0.2) is 0 Å². The van der Waals surface area contributed by atoms with E-state index in [0.29, 0.717) is 6.54 Å². The van der Waals surface area contributed by atoms with Crippen molar-refractivity contribution in [3.05, 3.63) is 36.3 Å². The van der Waals surface area contributed by atoms with Crippen molar-refractivity contribution in [3.8, 4) is 0 Å². The van der Waals surface area contributed by atoms with Crippen LogP contribution in [0.25, 0.3) is 0 Å². The molecule has 48 valence electrons. The third kappa shape index (κ3) is 7.00. The normalized spacial score (nSPS) is 6.78. The quantitative estimate of drug-likeness (QED) is 0.561. The Hall–Kier alpha value is -1.00. The highest BCUT2D eigenvalue weighted by molar-refractivity contribution is 4.91. The zero-order valence-electron chi connectivity index (χ0n) is 5.43. The van der Waals surface area contributed by atoms with Gasteiger partial charge >= 0.3 is 0 Å². The Morgan fingerprint density at radius 3 is 2.67 bits per heavy atom. The first kappa shape index (κ1) is 8.00. The molecule has 0 radical (unpaired) electrons. The van der Waals surface area contributed by atoms with Gasteiger partial charge in [-0.05, 0) is 24.6 Å². The largest absolute Gasteiger partial charge is 0.326 e. The maximum atomic E-state index is 5.17. The molecule has 0 fully saturated rings. The van der Waals surface area contributed by atoms with Crippen LogP contribution in [0.3, 0.4) is 0 Å². The van der Waals surface area contributed by atoms with Gasteiger partial charge in [-0.2, -0.15) is 0 Å². The molecule has 0 spiro atoms. The van der Waals surface area contributed by atoms with E-state index in [1.807, 2.05) is 12.2 Å². The molecule has 0 rings (SSSR count). The van der Waals surface area contributed by atoms with Crippen LogP contribution >= 0.6 is 0 Å². The Morgan fingerprint density at radius 2 is 2.11 bits per heavy atom. The molecule has 0 aromatic carbocycles. The molecule has 0 heterocycles. The van der Waals surface area contributed by atoms with Gasteiger partial charge in [0.15, 0.2) is 0 Å². The van der Waals surface area contributed by atoms with Crippen molar-refractivity contribution in [2.75, 3.05) is 6.54 Å². The van der Waals surface area contributed by atoms with Crippen LogP contribution in [0, 0.1) is 0 Å². The minimum Gasteiger partial charge on any atom is -0.326 e. The van der Waals surface area contributed by atoms with Crippen molar-refractivity contribution in [1.29, 1.82) is 0 Å². The van der Waals surface area contributed by atoms with E-state index in [1.54, 1.807) is 6.08 Å². The Kier molecular flexibility index (Phi) is 6.22. The lowest BCUT2D eigenvalue weighted by molar-refractivity contribution is 1.25. The summed E-state index contributed by atoms with van der Waals surface area (Å²) in [6.07, 6.45) is 6.32. The highest BCUT2D eigenvalue weighted by Gasteiger charge is 1.62. The molecule has 0 aromatic rings. The third-order valence-electron chi connectivity index (χ3n) is 0.734. The molecule has 9 heavy (non-hydrogen) atoms. The maximum absolute atomic E-state index is 5.17. The van der Waals surface area contributed by atoms with Gasteiger partial charge in [0.1, 0.15) is 0 Å². The molecule has 0 aliphatic heterocycles. The van der Waals surface area contributed by atoms with Crippen LogP contribution < -0.4 is 5.73 Å². The van der Waals surface area contributed by atoms with Crippen LogP contribution in [-0.4, -0.2) is 6.54 Å². The van der Waals surface area contributed by atoms with Crippen molar-refractivity contribution < 1.29 is 0 Å². The fraction of sp³-hybridized carbons (Fsp3) is 0.250. The smallest absolute Gasteiger partial charge is 0.0182 e. The summed E-state index contributed by atoms with van der Waals surface area (Å²) in [6, 6.07) is 0.